The summed E-state index contributed by atoms with van der Waals surface area (Å²) in [6.07, 6.45) is 7.64. The molecule has 1 heterocycles. The molecule has 0 radical (unpaired) electrons. The predicted molar refractivity (Wildman–Crippen MR) is 121 cm³/mol. The molecule has 1 atom stereocenters. The summed E-state index contributed by atoms with van der Waals surface area (Å²) < 4.78 is 26.3. The Hall–Kier alpha value is -2.09. The number of allylic oxidation sites excluding steroid dienone is 3. The molecule has 7 nitrogen and oxygen atoms in total. The van der Waals surface area contributed by atoms with Crippen molar-refractivity contribution in [3.63, 3.8) is 0 Å². The minimum Gasteiger partial charge on any atom is -0.498 e. The topological polar surface area (TPSA) is 88.1 Å². The van der Waals surface area contributed by atoms with Crippen LogP contribution in [0.3, 0.4) is 0 Å². The molecule has 2 N–H and O–H groups in total. The molecule has 0 aromatic heterocycles. The van der Waals surface area contributed by atoms with Gasteiger partial charge in [-0.05, 0) is 78.4 Å². The zero-order valence-corrected chi connectivity index (χ0v) is 20.1. The van der Waals surface area contributed by atoms with Crippen molar-refractivity contribution in [2.75, 3.05) is 26.3 Å². The lowest BCUT2D eigenvalue weighted by Gasteiger charge is -2.33. The minimum atomic E-state index is -2.19. The van der Waals surface area contributed by atoms with Crippen molar-refractivity contribution in [2.45, 2.75) is 83.5 Å². The highest BCUT2D eigenvalue weighted by Gasteiger charge is 2.41. The van der Waals surface area contributed by atoms with Gasteiger partial charge in [-0.1, -0.05) is 6.08 Å². The van der Waals surface area contributed by atoms with Crippen LogP contribution in [0.25, 0.3) is 0 Å². The van der Waals surface area contributed by atoms with Crippen molar-refractivity contribution in [1.29, 1.82) is 0 Å². The number of ether oxygens (including phenoxy) is 2. The highest BCUT2D eigenvalue weighted by molar-refractivity contribution is 5.88. The van der Waals surface area contributed by atoms with Gasteiger partial charge in [-0.15, -0.1) is 0 Å². The number of nitrogens with zero attached hydrogens (tertiary/aromatic N) is 1. The molecule has 0 bridgehead atoms. The third kappa shape index (κ3) is 8.11. The van der Waals surface area contributed by atoms with Crippen molar-refractivity contribution in [3.8, 4) is 0 Å². The molecule has 2 amide bonds. The lowest BCUT2D eigenvalue weighted by atomic mass is 9.92. The molecule has 32 heavy (non-hydrogen) atoms. The number of aliphatic hydroxyl groups is 1. The molecule has 8 heteroatoms. The summed E-state index contributed by atoms with van der Waals surface area (Å²) in [6.45, 7) is 10.4. The SMILES string of the molecule is CC(C)(CO)NC(=O)C1(F)C=CC=C(OCCCC2CCN(C(=O)OC(C)(C)C)CC2)C1. The largest absolute Gasteiger partial charge is 0.498 e. The van der Waals surface area contributed by atoms with E-state index in [4.69, 9.17) is 9.47 Å². The summed E-state index contributed by atoms with van der Waals surface area (Å²) in [5.41, 5.74) is -3.57. The Labute approximate surface area is 191 Å². The second kappa shape index (κ2) is 10.7. The van der Waals surface area contributed by atoms with Crippen LogP contribution in [0.4, 0.5) is 9.18 Å². The predicted octanol–water partition coefficient (Wildman–Crippen LogP) is 3.87. The number of carbonyl (C=O) groups excluding carboxylic acids is 2. The smallest absolute Gasteiger partial charge is 0.410 e. The number of nitrogens with one attached hydrogen (secondary N) is 1. The first kappa shape index (κ1) is 26.2. The van der Waals surface area contributed by atoms with Gasteiger partial charge in [-0.25, -0.2) is 9.18 Å². The zero-order chi connectivity index (χ0) is 24.0. The minimum absolute atomic E-state index is 0.162. The summed E-state index contributed by atoms with van der Waals surface area (Å²) in [6, 6.07) is 0. The fourth-order valence-electron chi connectivity index (χ4n) is 3.69. The molecular weight excluding hydrogens is 415 g/mol. The molecule has 182 valence electrons. The lowest BCUT2D eigenvalue weighted by Crippen LogP contribution is -2.53. The van der Waals surface area contributed by atoms with Crippen LogP contribution < -0.4 is 5.32 Å². The van der Waals surface area contributed by atoms with Crippen LogP contribution in [0.5, 0.6) is 0 Å². The molecule has 0 saturated carbocycles. The molecule has 1 fully saturated rings. The van der Waals surface area contributed by atoms with Crippen molar-refractivity contribution in [3.05, 3.63) is 24.0 Å². The molecule has 1 aliphatic heterocycles. The fraction of sp³-hybridized carbons (Fsp3) is 0.750. The van der Waals surface area contributed by atoms with Gasteiger partial charge in [0.15, 0.2) is 0 Å². The fourth-order valence-corrected chi connectivity index (χ4v) is 3.69. The number of alkyl halides is 1. The normalized spacial score (nSPS) is 22.3. The summed E-state index contributed by atoms with van der Waals surface area (Å²) in [7, 11) is 0. The van der Waals surface area contributed by atoms with Crippen molar-refractivity contribution >= 4 is 12.0 Å². The Kier molecular flexibility index (Phi) is 8.74. The molecule has 2 rings (SSSR count). The summed E-state index contributed by atoms with van der Waals surface area (Å²) in [5.74, 6) is 0.176. The number of rotatable bonds is 8. The quantitative estimate of drug-likeness (QED) is 0.544. The van der Waals surface area contributed by atoms with Crippen LogP contribution in [0.2, 0.25) is 0 Å². The Morgan fingerprint density at radius 2 is 1.91 bits per heavy atom. The van der Waals surface area contributed by atoms with Crippen molar-refractivity contribution in [2.24, 2.45) is 5.92 Å². The monoisotopic (exact) mass is 454 g/mol. The van der Waals surface area contributed by atoms with E-state index in [1.165, 1.54) is 12.2 Å². The number of halogens is 1. The van der Waals surface area contributed by atoms with E-state index in [1.54, 1.807) is 24.8 Å². The first-order valence-corrected chi connectivity index (χ1v) is 11.4. The molecule has 1 saturated heterocycles. The average Bonchev–Trinajstić information content (AvgIpc) is 2.70. The van der Waals surface area contributed by atoms with Gasteiger partial charge in [0.25, 0.3) is 5.91 Å². The van der Waals surface area contributed by atoms with E-state index < -0.39 is 22.7 Å². The van der Waals surface area contributed by atoms with E-state index >= 15 is 4.39 Å². The number of aliphatic hydroxyl groups excluding tert-OH is 1. The molecule has 0 aromatic carbocycles. The summed E-state index contributed by atoms with van der Waals surface area (Å²) in [5, 5.41) is 11.8. The van der Waals surface area contributed by atoms with E-state index in [0.29, 0.717) is 31.4 Å². The highest BCUT2D eigenvalue weighted by atomic mass is 19.1. The van der Waals surface area contributed by atoms with Crippen LogP contribution in [0, 0.1) is 5.92 Å². The second-order valence-electron chi connectivity index (χ2n) is 10.4. The summed E-state index contributed by atoms with van der Waals surface area (Å²) in [4.78, 5) is 26.3. The lowest BCUT2D eigenvalue weighted by molar-refractivity contribution is -0.132. The van der Waals surface area contributed by atoms with E-state index in [-0.39, 0.29) is 19.1 Å². The van der Waals surface area contributed by atoms with Gasteiger partial charge < -0.3 is 24.8 Å². The van der Waals surface area contributed by atoms with Gasteiger partial charge in [-0.2, -0.15) is 0 Å². The molecule has 0 aromatic rings. The Morgan fingerprint density at radius 3 is 2.50 bits per heavy atom. The standard InChI is InChI=1S/C24H39FN2O5/c1-22(2,3)32-21(30)27-13-10-18(11-14-27)8-7-15-31-19-9-6-12-24(25,16-19)20(29)26-23(4,5)17-28/h6,9,12,18,28H,7-8,10-11,13-17H2,1-5H3,(H,26,29). The maximum Gasteiger partial charge on any atom is 0.410 e. The van der Waals surface area contributed by atoms with Gasteiger partial charge in [0.05, 0.1) is 25.2 Å². The average molecular weight is 455 g/mol. The summed E-state index contributed by atoms with van der Waals surface area (Å²) >= 11 is 0. The first-order valence-electron chi connectivity index (χ1n) is 11.4. The van der Waals surface area contributed by atoms with E-state index in [2.05, 4.69) is 5.32 Å². The van der Waals surface area contributed by atoms with E-state index in [9.17, 15) is 14.7 Å². The number of amides is 2. The van der Waals surface area contributed by atoms with Crippen molar-refractivity contribution in [1.82, 2.24) is 10.2 Å². The zero-order valence-electron chi connectivity index (χ0n) is 20.1. The van der Waals surface area contributed by atoms with E-state index in [0.717, 1.165) is 25.7 Å². The van der Waals surface area contributed by atoms with Gasteiger partial charge in [0, 0.05) is 13.1 Å². The molecular formula is C24H39FN2O5. The van der Waals surface area contributed by atoms with Gasteiger partial charge in [0.2, 0.25) is 5.67 Å². The van der Waals surface area contributed by atoms with Crippen LogP contribution >= 0.6 is 0 Å². The highest BCUT2D eigenvalue weighted by Crippen LogP contribution is 2.29. The second-order valence-corrected chi connectivity index (χ2v) is 10.4. The Balaban J connectivity index is 1.69. The van der Waals surface area contributed by atoms with Crippen LogP contribution in [0.1, 0.15) is 66.7 Å². The Bertz CT molecular complexity index is 720. The Morgan fingerprint density at radius 1 is 1.25 bits per heavy atom. The number of hydrogen-bond donors (Lipinski definition) is 2. The number of hydrogen-bond acceptors (Lipinski definition) is 5. The molecule has 2 aliphatic rings. The third-order valence-corrected chi connectivity index (χ3v) is 5.61. The molecule has 1 unspecified atom stereocenters. The third-order valence-electron chi connectivity index (χ3n) is 5.61. The van der Waals surface area contributed by atoms with Gasteiger partial charge in [-0.3, -0.25) is 4.79 Å². The number of piperidine rings is 1. The van der Waals surface area contributed by atoms with Crippen LogP contribution in [-0.4, -0.2) is 65.1 Å². The first-order chi connectivity index (χ1) is 14.8. The van der Waals surface area contributed by atoms with E-state index in [1.807, 2.05) is 20.8 Å². The van der Waals surface area contributed by atoms with Gasteiger partial charge in [0.1, 0.15) is 11.4 Å². The maximum absolute atomic E-state index is 15.1. The number of carbonyl (C=O) groups is 2. The van der Waals surface area contributed by atoms with Crippen LogP contribution in [0.15, 0.2) is 24.0 Å². The van der Waals surface area contributed by atoms with Crippen molar-refractivity contribution < 1.29 is 28.6 Å². The maximum atomic E-state index is 15.1. The number of likely N-dealkylation sites (tertiary alicyclic amines) is 1. The van der Waals surface area contributed by atoms with Crippen LogP contribution in [-0.2, 0) is 14.3 Å². The molecule has 0 spiro atoms. The van der Waals surface area contributed by atoms with Gasteiger partial charge >= 0.3 is 6.09 Å². The molecule has 1 aliphatic carbocycles.